The van der Waals surface area contributed by atoms with Gasteiger partial charge in [0, 0.05) is 34.8 Å². The van der Waals surface area contributed by atoms with E-state index in [-0.39, 0.29) is 30.3 Å². The lowest BCUT2D eigenvalue weighted by Crippen LogP contribution is -3.00. The largest absolute Gasteiger partial charge is 1.00 e. The van der Waals surface area contributed by atoms with Gasteiger partial charge < -0.3 is 12.4 Å². The number of nitro groups is 1. The van der Waals surface area contributed by atoms with Gasteiger partial charge in [-0.2, -0.15) is 5.43 Å². The van der Waals surface area contributed by atoms with Crippen LogP contribution in [0.4, 0.5) is 11.4 Å². The number of nitrogens with one attached hydrogen (secondary N) is 2. The van der Waals surface area contributed by atoms with Crippen LogP contribution in [0.25, 0.3) is 0 Å². The molecule has 8 nitrogen and oxygen atoms in total. The van der Waals surface area contributed by atoms with Gasteiger partial charge in [-0.3, -0.25) is 20.4 Å². The predicted octanol–water partition coefficient (Wildman–Crippen LogP) is 0.830. The first-order valence-corrected chi connectivity index (χ1v) is 11.3. The summed E-state index contributed by atoms with van der Waals surface area (Å²) in [6.45, 7) is 7.20. The normalized spacial score (nSPS) is 19.6. The Kier molecular flexibility index (Phi) is 7.62. The molecule has 2 unspecified atom stereocenters. The minimum absolute atomic E-state index is 0. The zero-order valence-electron chi connectivity index (χ0n) is 19.1. The number of nitrogens with zero attached hydrogens (tertiary/aromatic N) is 4. The van der Waals surface area contributed by atoms with Crippen LogP contribution in [0.3, 0.4) is 0 Å². The lowest BCUT2D eigenvalue weighted by molar-refractivity contribution is -0.504. The van der Waals surface area contributed by atoms with Crippen molar-refractivity contribution in [3.05, 3.63) is 68.2 Å². The molecule has 0 aliphatic carbocycles. The van der Waals surface area contributed by atoms with Crippen molar-refractivity contribution in [2.24, 2.45) is 4.99 Å². The van der Waals surface area contributed by atoms with Crippen LogP contribution in [-0.2, 0) is 6.42 Å². The van der Waals surface area contributed by atoms with Crippen LogP contribution in [0.5, 0.6) is 0 Å². The number of halogens is 2. The molecule has 33 heavy (non-hydrogen) atoms. The summed E-state index contributed by atoms with van der Waals surface area (Å²) in [7, 11) is 1.90. The van der Waals surface area contributed by atoms with Crippen LogP contribution in [0.1, 0.15) is 43.9 Å². The number of hydrogen-bond donors (Lipinski definition) is 2. The van der Waals surface area contributed by atoms with Crippen molar-refractivity contribution in [2.75, 3.05) is 13.6 Å². The molecule has 176 valence electrons. The van der Waals surface area contributed by atoms with Gasteiger partial charge in [-0.1, -0.05) is 25.4 Å². The highest BCUT2D eigenvalue weighted by Crippen LogP contribution is 2.36. The predicted molar refractivity (Wildman–Crippen MR) is 127 cm³/mol. The molecule has 0 fully saturated rings. The second kappa shape index (κ2) is 10.1. The maximum Gasteiger partial charge on any atom is 0.369 e. The van der Waals surface area contributed by atoms with E-state index < -0.39 is 4.92 Å². The molecular formula is C23H28Cl2N6O2. The van der Waals surface area contributed by atoms with Gasteiger partial charge in [0.2, 0.25) is 0 Å². The van der Waals surface area contributed by atoms with Crippen LogP contribution in [0, 0.1) is 10.1 Å². The number of non-ortho nitro benzene ring substituents is 1. The number of rotatable bonds is 5. The Labute approximate surface area is 204 Å². The molecule has 2 aliphatic rings. The first kappa shape index (κ1) is 25.0. The fourth-order valence-electron chi connectivity index (χ4n) is 4.45. The van der Waals surface area contributed by atoms with Crippen molar-refractivity contribution < 1.29 is 21.9 Å². The van der Waals surface area contributed by atoms with Gasteiger partial charge in [0.1, 0.15) is 5.69 Å². The van der Waals surface area contributed by atoms with Gasteiger partial charge in [0.25, 0.3) is 5.69 Å². The molecular weight excluding hydrogens is 463 g/mol. The molecule has 2 heterocycles. The van der Waals surface area contributed by atoms with Gasteiger partial charge in [0.05, 0.1) is 23.7 Å². The number of aliphatic imine (C=N–C) groups is 1. The Morgan fingerprint density at radius 1 is 1.27 bits per heavy atom. The summed E-state index contributed by atoms with van der Waals surface area (Å²) >= 11 is 6.65. The Morgan fingerprint density at radius 3 is 2.55 bits per heavy atom. The molecule has 2 aromatic carbocycles. The molecule has 2 aliphatic heterocycles. The van der Waals surface area contributed by atoms with E-state index in [1.165, 1.54) is 12.1 Å². The molecule has 2 N–H and O–H groups in total. The number of hydrogen-bond acceptors (Lipinski definition) is 6. The van der Waals surface area contributed by atoms with Crippen LogP contribution in [0.2, 0.25) is 5.02 Å². The standard InChI is InChI=1S/C23H27ClN6O2.ClH/c1-5-11-28-22-14(3)26-21(16-7-9-17(10-8-16)30(31)32)18-13-19(24)15(6-2)12-20(18)29(22)23(25-4)27-28;/h7-10,12-14,22H,5-6,11H2,1-4H3,(H,25,27);1H. The maximum absolute atomic E-state index is 11.1. The monoisotopic (exact) mass is 490 g/mol. The van der Waals surface area contributed by atoms with Gasteiger partial charge in [-0.15, -0.1) is 5.01 Å². The Bertz CT molecular complexity index is 1120. The molecule has 0 saturated carbocycles. The SMILES string of the molecule is CCCN1NC(NC)=[N+]2c3cc(CC)c(Cl)cc3C(c3ccc([N+](=O)[O-])cc3)=NC(C)C12.[Cl-]. The van der Waals surface area contributed by atoms with E-state index in [1.54, 1.807) is 12.1 Å². The number of guanidine groups is 1. The fourth-order valence-corrected chi connectivity index (χ4v) is 4.75. The topological polar surface area (TPSA) is 85.8 Å². The number of aryl methyl sites for hydroxylation is 1. The average molecular weight is 491 g/mol. The lowest BCUT2D eigenvalue weighted by Gasteiger charge is -2.24. The number of benzene rings is 2. The van der Waals surface area contributed by atoms with E-state index in [0.717, 1.165) is 53.4 Å². The van der Waals surface area contributed by atoms with Crippen molar-refractivity contribution in [3.8, 4) is 0 Å². The zero-order valence-corrected chi connectivity index (χ0v) is 20.6. The summed E-state index contributed by atoms with van der Waals surface area (Å²) in [6.07, 6.45) is 1.77. The molecule has 0 radical (unpaired) electrons. The molecule has 0 spiro atoms. The zero-order chi connectivity index (χ0) is 23.0. The van der Waals surface area contributed by atoms with Gasteiger partial charge >= 0.3 is 5.96 Å². The number of hydrazine groups is 1. The highest BCUT2D eigenvalue weighted by Gasteiger charge is 2.44. The summed E-state index contributed by atoms with van der Waals surface area (Å²) in [5, 5.41) is 17.3. The molecule has 2 aromatic rings. The summed E-state index contributed by atoms with van der Waals surface area (Å²) in [4.78, 5) is 15.9. The smallest absolute Gasteiger partial charge is 0.369 e. The molecule has 0 bridgehead atoms. The third-order valence-electron chi connectivity index (χ3n) is 5.95. The van der Waals surface area contributed by atoms with E-state index in [4.69, 9.17) is 16.6 Å². The number of fused-ring (bicyclic) bond motifs is 3. The maximum atomic E-state index is 11.1. The van der Waals surface area contributed by atoms with E-state index in [1.807, 2.05) is 13.1 Å². The Morgan fingerprint density at radius 2 is 1.97 bits per heavy atom. The van der Waals surface area contributed by atoms with Crippen molar-refractivity contribution in [2.45, 2.75) is 45.8 Å². The summed E-state index contributed by atoms with van der Waals surface area (Å²) in [5.74, 6) is 0.890. The first-order valence-electron chi connectivity index (χ1n) is 10.9. The summed E-state index contributed by atoms with van der Waals surface area (Å²) in [5.41, 5.74) is 8.14. The molecule has 2 atom stereocenters. The second-order valence-electron chi connectivity index (χ2n) is 8.02. The Hall–Kier alpha value is -2.68. The van der Waals surface area contributed by atoms with Crippen molar-refractivity contribution in [1.82, 2.24) is 15.8 Å². The third-order valence-corrected chi connectivity index (χ3v) is 6.30. The highest BCUT2D eigenvalue weighted by molar-refractivity contribution is 6.32. The van der Waals surface area contributed by atoms with E-state index >= 15 is 0 Å². The van der Waals surface area contributed by atoms with E-state index in [9.17, 15) is 10.1 Å². The van der Waals surface area contributed by atoms with Crippen molar-refractivity contribution in [1.29, 1.82) is 0 Å². The van der Waals surface area contributed by atoms with Crippen molar-refractivity contribution >= 4 is 34.6 Å². The number of nitro benzene ring substituents is 1. The van der Waals surface area contributed by atoms with Crippen molar-refractivity contribution in [3.63, 3.8) is 0 Å². The van der Waals surface area contributed by atoms with Crippen LogP contribution < -0.4 is 23.1 Å². The molecule has 0 amide bonds. The van der Waals surface area contributed by atoms with Gasteiger partial charge in [-0.05, 0) is 49.6 Å². The minimum atomic E-state index is -0.391. The van der Waals surface area contributed by atoms with Gasteiger partial charge in [-0.25, -0.2) is 4.58 Å². The summed E-state index contributed by atoms with van der Waals surface area (Å²) < 4.78 is 2.26. The lowest BCUT2D eigenvalue weighted by atomic mass is 9.98. The van der Waals surface area contributed by atoms with Crippen LogP contribution >= 0.6 is 11.6 Å². The van der Waals surface area contributed by atoms with Crippen LogP contribution in [0.15, 0.2) is 41.4 Å². The third kappa shape index (κ3) is 4.43. The summed E-state index contributed by atoms with van der Waals surface area (Å²) in [6, 6.07) is 10.6. The van der Waals surface area contributed by atoms with E-state index in [2.05, 4.69) is 47.2 Å². The Balaban J connectivity index is 0.00000306. The minimum Gasteiger partial charge on any atom is -1.00 e. The first-order chi connectivity index (χ1) is 15.4. The highest BCUT2D eigenvalue weighted by atomic mass is 35.5. The van der Waals surface area contributed by atoms with Crippen LogP contribution in [-0.4, -0.2) is 52.0 Å². The second-order valence-corrected chi connectivity index (χ2v) is 8.43. The molecule has 0 aromatic heterocycles. The molecule has 0 saturated heterocycles. The average Bonchev–Trinajstić information content (AvgIpc) is 3.10. The fraction of sp³-hybridized carbons (Fsp3) is 0.391. The molecule has 10 heteroatoms. The quantitative estimate of drug-likeness (QED) is 0.368. The molecule has 4 rings (SSSR count). The van der Waals surface area contributed by atoms with Gasteiger partial charge in [0.15, 0.2) is 6.17 Å². The van der Waals surface area contributed by atoms with E-state index in [0.29, 0.717) is 5.02 Å².